The van der Waals surface area contributed by atoms with E-state index in [-0.39, 0.29) is 6.10 Å². The molecule has 1 aliphatic heterocycles. The molecule has 1 saturated heterocycles. The summed E-state index contributed by atoms with van der Waals surface area (Å²) in [5, 5.41) is 0. The lowest BCUT2D eigenvalue weighted by Gasteiger charge is -2.20. The van der Waals surface area contributed by atoms with Crippen LogP contribution in [-0.4, -0.2) is 55.3 Å². The van der Waals surface area contributed by atoms with E-state index in [4.69, 9.17) is 4.74 Å². The Hall–Kier alpha value is -1.18. The molecule has 0 saturated carbocycles. The van der Waals surface area contributed by atoms with Gasteiger partial charge in [-0.25, -0.2) is 4.98 Å². The summed E-state index contributed by atoms with van der Waals surface area (Å²) < 4.78 is 32.1. The molecule has 100 valence electrons. The molecule has 1 atom stereocenters. The summed E-state index contributed by atoms with van der Waals surface area (Å²) >= 11 is 0. The fourth-order valence-corrected chi connectivity index (χ4v) is 2.97. The van der Waals surface area contributed by atoms with Gasteiger partial charge in [0.25, 0.3) is 10.2 Å². The molecule has 2 heterocycles. The third kappa shape index (κ3) is 2.80. The van der Waals surface area contributed by atoms with E-state index in [9.17, 15) is 8.42 Å². The van der Waals surface area contributed by atoms with Crippen molar-refractivity contribution in [1.82, 2.24) is 13.6 Å². The van der Waals surface area contributed by atoms with Gasteiger partial charge in [0.15, 0.2) is 0 Å². The summed E-state index contributed by atoms with van der Waals surface area (Å²) in [4.78, 5) is 4.06. The van der Waals surface area contributed by atoms with Crippen LogP contribution in [0.15, 0.2) is 24.4 Å². The third-order valence-electron chi connectivity index (χ3n) is 2.82. The van der Waals surface area contributed by atoms with E-state index in [1.165, 1.54) is 22.7 Å². The van der Waals surface area contributed by atoms with Gasteiger partial charge in [0.2, 0.25) is 5.88 Å². The normalized spacial score (nSPS) is 21.4. The zero-order valence-corrected chi connectivity index (χ0v) is 11.3. The number of aromatic nitrogens is 1. The number of rotatable bonds is 4. The first-order chi connectivity index (χ1) is 8.50. The summed E-state index contributed by atoms with van der Waals surface area (Å²) in [6.07, 6.45) is 2.21. The first-order valence-corrected chi connectivity index (χ1v) is 7.15. The molecule has 1 aromatic rings. The fraction of sp³-hybridized carbons (Fsp3) is 0.545. The van der Waals surface area contributed by atoms with Crippen LogP contribution in [0.3, 0.4) is 0 Å². The lowest BCUT2D eigenvalue weighted by Crippen LogP contribution is -2.39. The maximum atomic E-state index is 11.9. The van der Waals surface area contributed by atoms with E-state index in [1.807, 2.05) is 12.1 Å². The fourth-order valence-electron chi connectivity index (χ4n) is 1.82. The Morgan fingerprint density at radius 2 is 2.22 bits per heavy atom. The predicted molar refractivity (Wildman–Crippen MR) is 67.4 cm³/mol. The minimum absolute atomic E-state index is 0.130. The molecule has 7 heteroatoms. The van der Waals surface area contributed by atoms with Crippen LogP contribution in [0.4, 0.5) is 0 Å². The number of hydrogen-bond acceptors (Lipinski definition) is 4. The molecule has 2 rings (SSSR count). The molecule has 1 aliphatic rings. The first kappa shape index (κ1) is 13.3. The van der Waals surface area contributed by atoms with E-state index in [0.717, 1.165) is 0 Å². The van der Waals surface area contributed by atoms with Gasteiger partial charge < -0.3 is 4.74 Å². The van der Waals surface area contributed by atoms with Gasteiger partial charge in [0.05, 0.1) is 6.54 Å². The average Bonchev–Trinajstić information content (AvgIpc) is 2.79. The highest BCUT2D eigenvalue weighted by atomic mass is 32.2. The molecule has 1 aromatic heterocycles. The standard InChI is InChI=1S/C11H17N3O3S/c1-13(2)18(15,16)14-8-6-10(9-14)17-11-5-3-4-7-12-11/h3-5,7,10H,6,8-9H2,1-2H3. The Kier molecular flexibility index (Phi) is 3.84. The maximum Gasteiger partial charge on any atom is 0.281 e. The summed E-state index contributed by atoms with van der Waals surface area (Å²) in [5.41, 5.74) is 0. The Bertz CT molecular complexity index is 490. The summed E-state index contributed by atoms with van der Waals surface area (Å²) in [5.74, 6) is 0.534. The third-order valence-corrected chi connectivity index (χ3v) is 4.73. The smallest absolute Gasteiger partial charge is 0.281 e. The van der Waals surface area contributed by atoms with E-state index in [0.29, 0.717) is 25.4 Å². The molecule has 0 spiro atoms. The van der Waals surface area contributed by atoms with Crippen molar-refractivity contribution in [3.05, 3.63) is 24.4 Å². The molecular formula is C11H17N3O3S. The van der Waals surface area contributed by atoms with Crippen LogP contribution < -0.4 is 4.74 Å². The summed E-state index contributed by atoms with van der Waals surface area (Å²) in [7, 11) is -0.276. The van der Waals surface area contributed by atoms with Crippen molar-refractivity contribution in [3.8, 4) is 5.88 Å². The molecule has 1 fully saturated rings. The molecule has 0 N–H and O–H groups in total. The summed E-state index contributed by atoms with van der Waals surface area (Å²) in [6, 6.07) is 5.42. The summed E-state index contributed by atoms with van der Waals surface area (Å²) in [6.45, 7) is 0.856. The second-order valence-electron chi connectivity index (χ2n) is 4.34. The number of ether oxygens (including phenoxy) is 1. The molecule has 0 bridgehead atoms. The van der Waals surface area contributed by atoms with Crippen LogP contribution in [0, 0.1) is 0 Å². The monoisotopic (exact) mass is 271 g/mol. The predicted octanol–water partition coefficient (Wildman–Crippen LogP) is 0.341. The highest BCUT2D eigenvalue weighted by molar-refractivity contribution is 7.86. The minimum atomic E-state index is -3.34. The second-order valence-corrected chi connectivity index (χ2v) is 6.49. The largest absolute Gasteiger partial charge is 0.473 e. The molecule has 0 radical (unpaired) electrons. The second kappa shape index (κ2) is 5.21. The van der Waals surface area contributed by atoms with Gasteiger partial charge in [-0.15, -0.1) is 0 Å². The van der Waals surface area contributed by atoms with Crippen LogP contribution in [0.25, 0.3) is 0 Å². The van der Waals surface area contributed by atoms with E-state index in [2.05, 4.69) is 4.98 Å². The molecule has 6 nitrogen and oxygen atoms in total. The zero-order valence-electron chi connectivity index (χ0n) is 10.5. The van der Waals surface area contributed by atoms with Gasteiger partial charge in [-0.3, -0.25) is 0 Å². The van der Waals surface area contributed by atoms with Gasteiger partial charge >= 0.3 is 0 Å². The Labute approximate surface area is 107 Å². The molecule has 0 aliphatic carbocycles. The van der Waals surface area contributed by atoms with Crippen LogP contribution >= 0.6 is 0 Å². The minimum Gasteiger partial charge on any atom is -0.473 e. The zero-order chi connectivity index (χ0) is 13.2. The van der Waals surface area contributed by atoms with Gasteiger partial charge in [0.1, 0.15) is 6.10 Å². The topological polar surface area (TPSA) is 62.7 Å². The quantitative estimate of drug-likeness (QED) is 0.792. The van der Waals surface area contributed by atoms with E-state index in [1.54, 1.807) is 12.3 Å². The maximum absolute atomic E-state index is 11.9. The van der Waals surface area contributed by atoms with Gasteiger partial charge in [-0.1, -0.05) is 6.07 Å². The van der Waals surface area contributed by atoms with Gasteiger partial charge in [-0.2, -0.15) is 17.0 Å². The van der Waals surface area contributed by atoms with Gasteiger partial charge in [0, 0.05) is 32.9 Å². The van der Waals surface area contributed by atoms with Crippen molar-refractivity contribution < 1.29 is 13.2 Å². The van der Waals surface area contributed by atoms with Crippen molar-refractivity contribution in [2.24, 2.45) is 0 Å². The number of hydrogen-bond donors (Lipinski definition) is 0. The molecule has 18 heavy (non-hydrogen) atoms. The van der Waals surface area contributed by atoms with Crippen LogP contribution in [0.2, 0.25) is 0 Å². The highest BCUT2D eigenvalue weighted by Crippen LogP contribution is 2.19. The average molecular weight is 271 g/mol. The van der Waals surface area contributed by atoms with Crippen LogP contribution in [-0.2, 0) is 10.2 Å². The van der Waals surface area contributed by atoms with Crippen molar-refractivity contribution in [2.45, 2.75) is 12.5 Å². The van der Waals surface area contributed by atoms with Crippen LogP contribution in [0.1, 0.15) is 6.42 Å². The van der Waals surface area contributed by atoms with Crippen molar-refractivity contribution in [2.75, 3.05) is 27.2 Å². The Morgan fingerprint density at radius 1 is 1.44 bits per heavy atom. The van der Waals surface area contributed by atoms with Crippen molar-refractivity contribution in [1.29, 1.82) is 0 Å². The van der Waals surface area contributed by atoms with Crippen molar-refractivity contribution >= 4 is 10.2 Å². The lowest BCUT2D eigenvalue weighted by atomic mass is 10.3. The van der Waals surface area contributed by atoms with E-state index >= 15 is 0 Å². The van der Waals surface area contributed by atoms with Crippen molar-refractivity contribution in [3.63, 3.8) is 0 Å². The first-order valence-electron chi connectivity index (χ1n) is 5.75. The SMILES string of the molecule is CN(C)S(=O)(=O)N1CCC(Oc2ccccn2)C1. The highest BCUT2D eigenvalue weighted by Gasteiger charge is 2.33. The molecule has 0 amide bonds. The Balaban J connectivity index is 1.97. The molecular weight excluding hydrogens is 254 g/mol. The van der Waals surface area contributed by atoms with Crippen LogP contribution in [0.5, 0.6) is 5.88 Å². The van der Waals surface area contributed by atoms with E-state index < -0.39 is 10.2 Å². The number of pyridine rings is 1. The Morgan fingerprint density at radius 3 is 2.83 bits per heavy atom. The molecule has 0 aromatic carbocycles. The number of nitrogens with zero attached hydrogens (tertiary/aromatic N) is 3. The molecule has 1 unspecified atom stereocenters. The lowest BCUT2D eigenvalue weighted by molar-refractivity contribution is 0.206. The van der Waals surface area contributed by atoms with Gasteiger partial charge in [-0.05, 0) is 12.5 Å².